The summed E-state index contributed by atoms with van der Waals surface area (Å²) < 4.78 is 4.86. The molecule has 66 valence electrons. The summed E-state index contributed by atoms with van der Waals surface area (Å²) in [5, 5.41) is 9.69. The maximum absolute atomic E-state index is 9.06. The molecular formula is C9H8O2Zn4-2. The van der Waals surface area contributed by atoms with Gasteiger partial charge in [0.25, 0.3) is 0 Å². The van der Waals surface area contributed by atoms with Crippen LogP contribution in [0.25, 0.3) is 13.2 Å². The van der Waals surface area contributed by atoms with Crippen molar-refractivity contribution in [3.05, 3.63) is 22.6 Å². The third-order valence-corrected chi connectivity index (χ3v) is 1.38. The standard InChI is InChI=1S/C9H8O2.4Zn/c1-6-5-9(11-3)7(2)4-8(6)10;;;;/h1-2,4-5,10H,3H3;;;;/q-2;;;;. The van der Waals surface area contributed by atoms with Crippen LogP contribution >= 0.6 is 0 Å². The van der Waals surface area contributed by atoms with Gasteiger partial charge in [-0.05, 0) is 11.5 Å². The van der Waals surface area contributed by atoms with Gasteiger partial charge in [0, 0.05) is 77.9 Å². The van der Waals surface area contributed by atoms with Gasteiger partial charge in [-0.2, -0.15) is 22.6 Å². The van der Waals surface area contributed by atoms with Crippen LogP contribution in [0.3, 0.4) is 0 Å². The summed E-state index contributed by atoms with van der Waals surface area (Å²) in [5.74, 6) is 0.448. The predicted molar refractivity (Wildman–Crippen MR) is 42.8 cm³/mol. The molecule has 0 bridgehead atoms. The third kappa shape index (κ3) is 7.07. The average molecular weight is 410 g/mol. The summed E-state index contributed by atoms with van der Waals surface area (Å²) in [4.78, 5) is 0. The fourth-order valence-electron chi connectivity index (χ4n) is 0.777. The molecule has 0 heterocycles. The first kappa shape index (κ1) is 25.0. The van der Waals surface area contributed by atoms with Crippen LogP contribution in [0.4, 0.5) is 0 Å². The molecule has 1 aromatic carbocycles. The van der Waals surface area contributed by atoms with Crippen molar-refractivity contribution in [2.75, 3.05) is 7.11 Å². The van der Waals surface area contributed by atoms with E-state index in [0.717, 1.165) is 0 Å². The van der Waals surface area contributed by atoms with Crippen LogP contribution in [0.15, 0.2) is 12.1 Å². The second-order valence-electron chi connectivity index (χ2n) is 2.15. The van der Waals surface area contributed by atoms with Gasteiger partial charge in [0.05, 0.1) is 7.11 Å². The largest absolute Gasteiger partial charge is 0.578 e. The molecule has 0 aromatic heterocycles. The fraction of sp³-hybridized carbons (Fsp3) is 0.111. The fourth-order valence-corrected chi connectivity index (χ4v) is 0.777. The van der Waals surface area contributed by atoms with Crippen LogP contribution in [0.5, 0.6) is 11.5 Å². The zero-order valence-electron chi connectivity index (χ0n) is 8.99. The monoisotopic (exact) mass is 404 g/mol. The molecular weight excluding hydrogens is 402 g/mol. The van der Waals surface area contributed by atoms with Crippen molar-refractivity contribution in [2.45, 2.75) is 0 Å². The molecule has 0 amide bonds. The number of hydrogen-bond acceptors (Lipinski definition) is 2. The number of phenolic OH excluding ortho intramolecular Hbond substituents is 1. The number of rotatable bonds is 1. The van der Waals surface area contributed by atoms with Crippen molar-refractivity contribution < 1.29 is 87.8 Å². The first-order chi connectivity index (χ1) is 5.15. The van der Waals surface area contributed by atoms with E-state index in [4.69, 9.17) is 23.0 Å². The Morgan fingerprint density at radius 1 is 1.00 bits per heavy atom. The predicted octanol–water partition coefficient (Wildman–Crippen LogP) is -0.0346. The molecule has 2 nitrogen and oxygen atoms in total. The molecule has 0 fully saturated rings. The van der Waals surface area contributed by atoms with E-state index >= 15 is 0 Å². The second kappa shape index (κ2) is 11.5. The number of hydrogen-bond donors (Lipinski definition) is 1. The van der Waals surface area contributed by atoms with Crippen LogP contribution in [0.1, 0.15) is 0 Å². The Morgan fingerprint density at radius 2 is 1.47 bits per heavy atom. The summed E-state index contributed by atoms with van der Waals surface area (Å²) in [7, 11) is 1.49. The molecule has 1 aromatic rings. The van der Waals surface area contributed by atoms with E-state index < -0.39 is 0 Å². The van der Waals surface area contributed by atoms with E-state index in [1.807, 2.05) is 0 Å². The van der Waals surface area contributed by atoms with Gasteiger partial charge in [-0.25, -0.2) is 13.2 Å². The molecule has 0 saturated heterocycles. The molecule has 6 heteroatoms. The molecule has 0 atom stereocenters. The van der Waals surface area contributed by atoms with Crippen LogP contribution in [0, 0.1) is 0 Å². The van der Waals surface area contributed by atoms with Gasteiger partial charge in [-0.1, -0.05) is 0 Å². The minimum atomic E-state index is -0.0247. The molecule has 0 aliphatic carbocycles. The minimum absolute atomic E-state index is 0. The molecule has 0 unspecified atom stereocenters. The van der Waals surface area contributed by atoms with Crippen LogP contribution < -0.4 is 15.2 Å². The quantitative estimate of drug-likeness (QED) is 0.521. The van der Waals surface area contributed by atoms with Crippen LogP contribution in [-0.4, -0.2) is 12.2 Å². The van der Waals surface area contributed by atoms with Crippen molar-refractivity contribution >= 4 is 13.2 Å². The summed E-state index contributed by atoms with van der Waals surface area (Å²) in [5.41, 5.74) is 0. The van der Waals surface area contributed by atoms with Crippen LogP contribution in [0.2, 0.25) is 0 Å². The van der Waals surface area contributed by atoms with Gasteiger partial charge >= 0.3 is 0 Å². The second-order valence-corrected chi connectivity index (χ2v) is 2.15. The summed E-state index contributed by atoms with van der Waals surface area (Å²) in [6.07, 6.45) is 0. The number of phenols is 1. The zero-order valence-corrected chi connectivity index (χ0v) is 20.9. The Kier molecular flexibility index (Phi) is 19.3. The summed E-state index contributed by atoms with van der Waals surface area (Å²) >= 11 is 0. The SMILES string of the molecule is [CH-]=c1cc(OC)c(=[CH-])cc1O.[Zn].[Zn].[Zn].[Zn]. The molecule has 0 aliphatic rings. The van der Waals surface area contributed by atoms with Crippen LogP contribution in [-0.2, 0) is 77.9 Å². The maximum atomic E-state index is 9.06. The maximum Gasteiger partial charge on any atom is 0.0591 e. The van der Waals surface area contributed by atoms with Crippen molar-refractivity contribution in [1.82, 2.24) is 0 Å². The zero-order chi connectivity index (χ0) is 8.43. The number of ether oxygens (including phenoxy) is 1. The van der Waals surface area contributed by atoms with Gasteiger partial charge in [0.15, 0.2) is 0 Å². The first-order valence-corrected chi connectivity index (χ1v) is 3.07. The molecule has 1 N–H and O–H groups in total. The van der Waals surface area contributed by atoms with Crippen molar-refractivity contribution in [2.24, 2.45) is 0 Å². The van der Waals surface area contributed by atoms with Gasteiger partial charge < -0.3 is 9.84 Å². The Bertz CT molecular complexity index is 367. The van der Waals surface area contributed by atoms with Crippen molar-refractivity contribution in [1.29, 1.82) is 0 Å². The Labute approximate surface area is 141 Å². The molecule has 15 heavy (non-hydrogen) atoms. The molecule has 0 radical (unpaired) electrons. The van der Waals surface area contributed by atoms with E-state index in [1.165, 1.54) is 19.2 Å². The Balaban J connectivity index is -0.000000151. The molecule has 0 aliphatic heterocycles. The minimum Gasteiger partial charge on any atom is -0.578 e. The smallest absolute Gasteiger partial charge is 0.0591 e. The van der Waals surface area contributed by atoms with Crippen molar-refractivity contribution in [3.8, 4) is 11.5 Å². The number of benzene rings is 1. The normalized spacial score (nSPS) is 7.00. The molecule has 0 saturated carbocycles. The van der Waals surface area contributed by atoms with Gasteiger partial charge in [-0.15, -0.1) is 0 Å². The number of methoxy groups -OCH3 is 1. The average Bonchev–Trinajstić information content (AvgIpc) is 1.97. The van der Waals surface area contributed by atoms with Crippen molar-refractivity contribution in [3.63, 3.8) is 0 Å². The summed E-state index contributed by atoms with van der Waals surface area (Å²) in [6, 6.07) is 2.83. The van der Waals surface area contributed by atoms with E-state index in [9.17, 15) is 0 Å². The molecule has 1 rings (SSSR count). The number of aromatic hydroxyl groups is 1. The molecule has 0 spiro atoms. The van der Waals surface area contributed by atoms with E-state index in [0.29, 0.717) is 11.0 Å². The first-order valence-electron chi connectivity index (χ1n) is 3.07. The van der Waals surface area contributed by atoms with Gasteiger partial charge in [0.2, 0.25) is 0 Å². The Morgan fingerprint density at radius 3 is 1.87 bits per heavy atom. The van der Waals surface area contributed by atoms with E-state index in [1.54, 1.807) is 0 Å². The summed E-state index contributed by atoms with van der Waals surface area (Å²) in [6.45, 7) is 10.8. The topological polar surface area (TPSA) is 29.5 Å². The van der Waals surface area contributed by atoms with Gasteiger partial charge in [-0.3, -0.25) is 0 Å². The van der Waals surface area contributed by atoms with E-state index in [-0.39, 0.29) is 88.9 Å². The third-order valence-electron chi connectivity index (χ3n) is 1.38. The Hall–Kier alpha value is 1.05. The van der Waals surface area contributed by atoms with Gasteiger partial charge in [0.1, 0.15) is 0 Å². The van der Waals surface area contributed by atoms with E-state index in [2.05, 4.69) is 0 Å².